The summed E-state index contributed by atoms with van der Waals surface area (Å²) in [5, 5.41) is 3.41. The van der Waals surface area contributed by atoms with E-state index in [1.807, 2.05) is 76.2 Å². The van der Waals surface area contributed by atoms with Gasteiger partial charge in [-0.25, -0.2) is 4.79 Å². The molecule has 0 unspecified atom stereocenters. The van der Waals surface area contributed by atoms with E-state index in [2.05, 4.69) is 5.32 Å². The Kier molecular flexibility index (Phi) is 7.82. The molecule has 1 aliphatic carbocycles. The number of carbonyl (C=O) groups is 2. The van der Waals surface area contributed by atoms with Crippen molar-refractivity contribution in [3.05, 3.63) is 82.2 Å². The van der Waals surface area contributed by atoms with Gasteiger partial charge in [0.05, 0.1) is 31.3 Å². The van der Waals surface area contributed by atoms with Gasteiger partial charge in [-0.1, -0.05) is 37.3 Å². The number of ether oxygens (including phenoxy) is 3. The van der Waals surface area contributed by atoms with E-state index >= 15 is 0 Å². The summed E-state index contributed by atoms with van der Waals surface area (Å²) < 4.78 is 17.0. The van der Waals surface area contributed by atoms with Crippen LogP contribution in [0.2, 0.25) is 0 Å². The SMILES string of the molecule is CCCOC(=O)C1=C(C)NC2=C(C(=O)C[C@@H](c3ccc(OC)cc3)C2)[C@H]1c1ccccc1OC(C)C. The molecule has 6 nitrogen and oxygen atoms in total. The second kappa shape index (κ2) is 11.0. The van der Waals surface area contributed by atoms with Crippen molar-refractivity contribution in [3.63, 3.8) is 0 Å². The van der Waals surface area contributed by atoms with Crippen LogP contribution in [0.15, 0.2) is 71.1 Å². The molecule has 2 atom stereocenters. The summed E-state index contributed by atoms with van der Waals surface area (Å²) in [6.45, 7) is 8.10. The molecule has 0 aromatic heterocycles. The molecule has 190 valence electrons. The Bertz CT molecular complexity index is 1190. The Hall–Kier alpha value is -3.54. The van der Waals surface area contributed by atoms with Crippen molar-refractivity contribution in [2.75, 3.05) is 13.7 Å². The molecule has 0 saturated carbocycles. The summed E-state index contributed by atoms with van der Waals surface area (Å²) >= 11 is 0. The average molecular weight is 490 g/mol. The number of esters is 1. The Labute approximate surface area is 213 Å². The van der Waals surface area contributed by atoms with Crippen LogP contribution >= 0.6 is 0 Å². The first-order chi connectivity index (χ1) is 17.3. The Balaban J connectivity index is 1.80. The van der Waals surface area contributed by atoms with E-state index in [0.29, 0.717) is 42.0 Å². The number of hydrogen-bond acceptors (Lipinski definition) is 6. The lowest BCUT2D eigenvalue weighted by atomic mass is 9.71. The molecule has 0 amide bonds. The van der Waals surface area contributed by atoms with Gasteiger partial charge in [0, 0.05) is 29.0 Å². The first-order valence-corrected chi connectivity index (χ1v) is 12.6. The summed E-state index contributed by atoms with van der Waals surface area (Å²) in [6.07, 6.45) is 1.71. The number of hydrogen-bond donors (Lipinski definition) is 1. The molecule has 0 saturated heterocycles. The molecule has 0 radical (unpaired) electrons. The second-order valence-corrected chi connectivity index (χ2v) is 9.63. The number of carbonyl (C=O) groups excluding carboxylic acids is 2. The highest BCUT2D eigenvalue weighted by molar-refractivity contribution is 6.04. The molecule has 0 spiro atoms. The fraction of sp³-hybridized carbons (Fsp3) is 0.400. The van der Waals surface area contributed by atoms with E-state index in [9.17, 15) is 9.59 Å². The molecule has 6 heteroatoms. The highest BCUT2D eigenvalue weighted by Crippen LogP contribution is 2.47. The summed E-state index contributed by atoms with van der Waals surface area (Å²) in [7, 11) is 1.64. The van der Waals surface area contributed by atoms with Crippen molar-refractivity contribution in [3.8, 4) is 11.5 Å². The number of rotatable bonds is 8. The van der Waals surface area contributed by atoms with Crippen molar-refractivity contribution in [1.82, 2.24) is 5.32 Å². The number of benzene rings is 2. The van der Waals surface area contributed by atoms with E-state index in [4.69, 9.17) is 14.2 Å². The van der Waals surface area contributed by atoms with Crippen LogP contribution in [0.5, 0.6) is 11.5 Å². The molecule has 4 rings (SSSR count). The maximum absolute atomic E-state index is 13.8. The zero-order valence-electron chi connectivity index (χ0n) is 21.7. The van der Waals surface area contributed by atoms with E-state index in [-0.39, 0.29) is 17.8 Å². The predicted octanol–water partition coefficient (Wildman–Crippen LogP) is 5.80. The average Bonchev–Trinajstić information content (AvgIpc) is 2.86. The number of methoxy groups -OCH3 is 1. The largest absolute Gasteiger partial charge is 0.497 e. The molecule has 2 aliphatic rings. The molecule has 2 aromatic carbocycles. The smallest absolute Gasteiger partial charge is 0.336 e. The highest BCUT2D eigenvalue weighted by Gasteiger charge is 2.42. The third kappa shape index (κ3) is 5.18. The zero-order valence-corrected chi connectivity index (χ0v) is 21.7. The maximum atomic E-state index is 13.8. The Morgan fingerprint density at radius 2 is 1.81 bits per heavy atom. The van der Waals surface area contributed by atoms with Crippen molar-refractivity contribution >= 4 is 11.8 Å². The van der Waals surface area contributed by atoms with E-state index < -0.39 is 11.9 Å². The van der Waals surface area contributed by atoms with E-state index in [1.165, 1.54) is 0 Å². The second-order valence-electron chi connectivity index (χ2n) is 9.63. The van der Waals surface area contributed by atoms with Gasteiger partial charge in [0.15, 0.2) is 5.78 Å². The van der Waals surface area contributed by atoms with Crippen LogP contribution in [0.4, 0.5) is 0 Å². The number of allylic oxidation sites excluding steroid dienone is 3. The maximum Gasteiger partial charge on any atom is 0.336 e. The minimum absolute atomic E-state index is 0.0298. The van der Waals surface area contributed by atoms with Crippen LogP contribution in [0.3, 0.4) is 0 Å². The lowest BCUT2D eigenvalue weighted by molar-refractivity contribution is -0.139. The van der Waals surface area contributed by atoms with Gasteiger partial charge < -0.3 is 19.5 Å². The molecular weight excluding hydrogens is 454 g/mol. The molecule has 1 N–H and O–H groups in total. The summed E-state index contributed by atoms with van der Waals surface area (Å²) in [5.74, 6) is 0.575. The van der Waals surface area contributed by atoms with Gasteiger partial charge in [-0.05, 0) is 63.3 Å². The predicted molar refractivity (Wildman–Crippen MR) is 139 cm³/mol. The van der Waals surface area contributed by atoms with Gasteiger partial charge >= 0.3 is 5.97 Å². The summed E-state index contributed by atoms with van der Waals surface area (Å²) in [4.78, 5) is 27.1. The van der Waals surface area contributed by atoms with Gasteiger partial charge in [-0.15, -0.1) is 0 Å². The first kappa shape index (κ1) is 25.5. The number of dihydropyridines is 1. The third-order valence-corrected chi connectivity index (χ3v) is 6.66. The van der Waals surface area contributed by atoms with Crippen LogP contribution in [0, 0.1) is 0 Å². The van der Waals surface area contributed by atoms with Crippen molar-refractivity contribution in [2.45, 2.75) is 64.9 Å². The van der Waals surface area contributed by atoms with Crippen LogP contribution in [0.1, 0.15) is 69.9 Å². The van der Waals surface area contributed by atoms with Crippen LogP contribution in [0.25, 0.3) is 0 Å². The monoisotopic (exact) mass is 489 g/mol. The molecule has 2 aromatic rings. The minimum atomic E-state index is -0.551. The molecule has 1 heterocycles. The van der Waals surface area contributed by atoms with Crippen LogP contribution in [-0.2, 0) is 14.3 Å². The summed E-state index contributed by atoms with van der Waals surface area (Å²) in [5.41, 5.74) is 4.57. The topological polar surface area (TPSA) is 73.9 Å². The molecule has 0 bridgehead atoms. The number of para-hydroxylation sites is 1. The van der Waals surface area contributed by atoms with Crippen molar-refractivity contribution in [1.29, 1.82) is 0 Å². The minimum Gasteiger partial charge on any atom is -0.497 e. The van der Waals surface area contributed by atoms with Crippen LogP contribution < -0.4 is 14.8 Å². The third-order valence-electron chi connectivity index (χ3n) is 6.66. The zero-order chi connectivity index (χ0) is 25.8. The van der Waals surface area contributed by atoms with E-state index in [0.717, 1.165) is 29.0 Å². The number of Topliss-reactive ketones (excluding diaryl/α,β-unsaturated/α-hetero) is 1. The lowest BCUT2D eigenvalue weighted by Crippen LogP contribution is -2.36. The standard InChI is InChI=1S/C30H35NO5/c1-6-15-35-30(33)27-19(4)31-24-16-21(20-11-13-22(34-5)14-12-20)17-25(32)29(24)28(27)23-9-7-8-10-26(23)36-18(2)3/h7-14,18,21,28,31H,6,15-17H2,1-5H3/t21-,28-/m0/s1. The van der Waals surface area contributed by atoms with Crippen LogP contribution in [-0.4, -0.2) is 31.6 Å². The highest BCUT2D eigenvalue weighted by atomic mass is 16.5. The number of nitrogens with one attached hydrogen (secondary N) is 1. The Morgan fingerprint density at radius 1 is 1.08 bits per heavy atom. The number of ketones is 1. The molecule has 0 fully saturated rings. The normalized spacial score (nSPS) is 19.7. The Morgan fingerprint density at radius 3 is 2.47 bits per heavy atom. The first-order valence-electron chi connectivity index (χ1n) is 12.6. The summed E-state index contributed by atoms with van der Waals surface area (Å²) in [6, 6.07) is 15.6. The van der Waals surface area contributed by atoms with Gasteiger partial charge in [-0.3, -0.25) is 4.79 Å². The van der Waals surface area contributed by atoms with Gasteiger partial charge in [-0.2, -0.15) is 0 Å². The molecule has 1 aliphatic heterocycles. The lowest BCUT2D eigenvalue weighted by Gasteiger charge is -2.37. The fourth-order valence-corrected chi connectivity index (χ4v) is 5.09. The van der Waals surface area contributed by atoms with Gasteiger partial charge in [0.1, 0.15) is 11.5 Å². The van der Waals surface area contributed by atoms with Crippen molar-refractivity contribution < 1.29 is 23.8 Å². The van der Waals surface area contributed by atoms with Crippen molar-refractivity contribution in [2.24, 2.45) is 0 Å². The van der Waals surface area contributed by atoms with Gasteiger partial charge in [0.2, 0.25) is 0 Å². The fourth-order valence-electron chi connectivity index (χ4n) is 5.09. The molecular formula is C30H35NO5. The molecule has 36 heavy (non-hydrogen) atoms. The van der Waals surface area contributed by atoms with Gasteiger partial charge in [0.25, 0.3) is 0 Å². The quantitative estimate of drug-likeness (QED) is 0.473. The van der Waals surface area contributed by atoms with E-state index in [1.54, 1.807) is 7.11 Å².